The van der Waals surface area contributed by atoms with E-state index in [-0.39, 0.29) is 6.54 Å². The summed E-state index contributed by atoms with van der Waals surface area (Å²) < 4.78 is 7.03. The average Bonchev–Trinajstić information content (AvgIpc) is 3.26. The molecule has 0 aliphatic carbocycles. The first-order valence-electron chi connectivity index (χ1n) is 8.78. The number of aliphatic hydroxyl groups excluding tert-OH is 3. The average molecular weight is 422 g/mol. The maximum atomic E-state index is 10.3. The van der Waals surface area contributed by atoms with Crippen LogP contribution in [0.15, 0.2) is 24.8 Å². The third-order valence-electron chi connectivity index (χ3n) is 4.92. The molecule has 0 bridgehead atoms. The van der Waals surface area contributed by atoms with Crippen molar-refractivity contribution in [1.29, 1.82) is 0 Å². The fraction of sp³-hybridized carbons (Fsp3) is 0.353. The molecule has 154 valence electrons. The molecule has 1 aliphatic rings. The van der Waals surface area contributed by atoms with Gasteiger partial charge in [0.2, 0.25) is 0 Å². The van der Waals surface area contributed by atoms with Crippen LogP contribution in [0.2, 0.25) is 5.02 Å². The van der Waals surface area contributed by atoms with Gasteiger partial charge in [0.1, 0.15) is 24.6 Å². The Balaban J connectivity index is 1.63. The smallest absolute Gasteiger partial charge is 0.167 e. The van der Waals surface area contributed by atoms with Crippen molar-refractivity contribution in [2.24, 2.45) is 0 Å². The molecular weight excluding hydrogens is 402 g/mol. The second kappa shape index (κ2) is 7.61. The van der Waals surface area contributed by atoms with Crippen molar-refractivity contribution in [2.45, 2.75) is 31.1 Å². The number of nitrogens with one attached hydrogen (secondary N) is 1. The van der Waals surface area contributed by atoms with Crippen molar-refractivity contribution in [3.63, 3.8) is 0 Å². The van der Waals surface area contributed by atoms with E-state index in [2.05, 4.69) is 20.3 Å². The van der Waals surface area contributed by atoms with E-state index in [4.69, 9.17) is 27.8 Å². The maximum absolute atomic E-state index is 10.3. The van der Waals surface area contributed by atoms with Crippen LogP contribution in [0.4, 0.5) is 17.2 Å². The number of nitrogens with two attached hydrogens (primary N) is 2. The van der Waals surface area contributed by atoms with E-state index in [0.717, 1.165) is 0 Å². The predicted molar refractivity (Wildman–Crippen MR) is 106 cm³/mol. The summed E-state index contributed by atoms with van der Waals surface area (Å²) >= 11 is 6.06. The number of hydrogen-bond donors (Lipinski definition) is 6. The van der Waals surface area contributed by atoms with Gasteiger partial charge in [-0.15, -0.1) is 0 Å². The predicted octanol–water partition coefficient (Wildman–Crippen LogP) is -0.132. The SMILES string of the molecule is Nc1ccc(Cl)c(N)c1CNc1ncnc2c1ncn2[C@@H]1O[C@H](CO)[C@@H](O)[C@H]1O. The number of aromatic nitrogens is 4. The van der Waals surface area contributed by atoms with Crippen LogP contribution >= 0.6 is 11.6 Å². The van der Waals surface area contributed by atoms with Crippen molar-refractivity contribution >= 4 is 40.0 Å². The highest BCUT2D eigenvalue weighted by atomic mass is 35.5. The lowest BCUT2D eigenvalue weighted by atomic mass is 10.1. The molecule has 8 N–H and O–H groups in total. The first-order chi connectivity index (χ1) is 13.9. The van der Waals surface area contributed by atoms with Crippen LogP contribution < -0.4 is 16.8 Å². The van der Waals surface area contributed by atoms with Gasteiger partial charge in [-0.25, -0.2) is 15.0 Å². The Morgan fingerprint density at radius 1 is 1.17 bits per heavy atom. The van der Waals surface area contributed by atoms with Gasteiger partial charge in [-0.3, -0.25) is 4.57 Å². The molecule has 4 rings (SSSR count). The van der Waals surface area contributed by atoms with Gasteiger partial charge in [0.05, 0.1) is 23.6 Å². The quantitative estimate of drug-likeness (QED) is 0.304. The molecule has 0 amide bonds. The number of nitrogens with zero attached hydrogens (tertiary/aromatic N) is 4. The first kappa shape index (κ1) is 19.6. The molecule has 4 atom stereocenters. The molecule has 1 fully saturated rings. The second-order valence-electron chi connectivity index (χ2n) is 6.66. The van der Waals surface area contributed by atoms with E-state index >= 15 is 0 Å². The summed E-state index contributed by atoms with van der Waals surface area (Å²) in [4.78, 5) is 12.7. The number of ether oxygens (including phenoxy) is 1. The van der Waals surface area contributed by atoms with E-state index in [1.54, 1.807) is 12.1 Å². The molecule has 1 aliphatic heterocycles. The summed E-state index contributed by atoms with van der Waals surface area (Å²) in [6.45, 7) is -0.170. The lowest BCUT2D eigenvalue weighted by molar-refractivity contribution is -0.0511. The summed E-state index contributed by atoms with van der Waals surface area (Å²) in [5.41, 5.74) is 14.3. The van der Waals surface area contributed by atoms with Crippen molar-refractivity contribution in [1.82, 2.24) is 19.5 Å². The van der Waals surface area contributed by atoms with Crippen molar-refractivity contribution < 1.29 is 20.1 Å². The van der Waals surface area contributed by atoms with Crippen molar-refractivity contribution in [3.05, 3.63) is 35.4 Å². The Hall–Kier alpha value is -2.70. The highest BCUT2D eigenvalue weighted by molar-refractivity contribution is 6.33. The largest absolute Gasteiger partial charge is 0.398 e. The van der Waals surface area contributed by atoms with Gasteiger partial charge < -0.3 is 36.8 Å². The van der Waals surface area contributed by atoms with Crippen molar-refractivity contribution in [3.8, 4) is 0 Å². The minimum Gasteiger partial charge on any atom is -0.398 e. The van der Waals surface area contributed by atoms with E-state index in [0.29, 0.717) is 38.9 Å². The molecule has 0 unspecified atom stereocenters. The van der Waals surface area contributed by atoms with E-state index in [1.165, 1.54) is 17.2 Å². The van der Waals surface area contributed by atoms with Crippen LogP contribution in [0.3, 0.4) is 0 Å². The first-order valence-corrected chi connectivity index (χ1v) is 9.16. The van der Waals surface area contributed by atoms with E-state index in [1.807, 2.05) is 0 Å². The summed E-state index contributed by atoms with van der Waals surface area (Å²) in [5, 5.41) is 33.1. The molecule has 3 aromatic rings. The number of hydrogen-bond acceptors (Lipinski definition) is 10. The third kappa shape index (κ3) is 3.32. The third-order valence-corrected chi connectivity index (χ3v) is 5.25. The fourth-order valence-corrected chi connectivity index (χ4v) is 3.48. The van der Waals surface area contributed by atoms with E-state index in [9.17, 15) is 15.3 Å². The standard InChI is InChI=1S/C17H20ClN7O4/c18-8-1-2-9(19)7(11(8)20)3-21-15-12-16(23-5-22-15)25(6-24-12)17-14(28)13(27)10(4-26)29-17/h1-2,5-6,10,13-14,17,26-28H,3-4,19-20H2,(H,21,22,23)/t10-,13-,14-,17-/m1/s1. The molecule has 11 nitrogen and oxygen atoms in total. The molecular formula is C17H20ClN7O4. The Morgan fingerprint density at radius 3 is 2.69 bits per heavy atom. The Labute approximate surface area is 169 Å². The van der Waals surface area contributed by atoms with Gasteiger partial charge >= 0.3 is 0 Å². The van der Waals surface area contributed by atoms with Crippen LogP contribution in [-0.4, -0.2) is 59.8 Å². The molecule has 2 aromatic heterocycles. The van der Waals surface area contributed by atoms with E-state index < -0.39 is 31.1 Å². The Kier molecular flexibility index (Phi) is 5.15. The van der Waals surface area contributed by atoms with Crippen molar-refractivity contribution in [2.75, 3.05) is 23.4 Å². The number of imidazole rings is 1. The van der Waals surface area contributed by atoms with Gasteiger partial charge in [-0.05, 0) is 12.1 Å². The molecule has 3 heterocycles. The number of rotatable bonds is 5. The maximum Gasteiger partial charge on any atom is 0.167 e. The van der Waals surface area contributed by atoms with Gasteiger partial charge in [0.25, 0.3) is 0 Å². The zero-order valence-electron chi connectivity index (χ0n) is 15.1. The summed E-state index contributed by atoms with van der Waals surface area (Å²) in [7, 11) is 0. The highest BCUT2D eigenvalue weighted by Crippen LogP contribution is 2.33. The molecule has 0 radical (unpaired) electrons. The molecule has 29 heavy (non-hydrogen) atoms. The molecule has 12 heteroatoms. The number of nitrogen functional groups attached to an aromatic ring is 2. The Bertz CT molecular complexity index is 1050. The fourth-order valence-electron chi connectivity index (χ4n) is 3.30. The van der Waals surface area contributed by atoms with Crippen LogP contribution in [0.25, 0.3) is 11.2 Å². The minimum absolute atomic E-state index is 0.255. The highest BCUT2D eigenvalue weighted by Gasteiger charge is 2.44. The van der Waals surface area contributed by atoms with Crippen LogP contribution in [0, 0.1) is 0 Å². The molecule has 0 spiro atoms. The number of halogens is 1. The topological polar surface area (TPSA) is 178 Å². The molecule has 0 saturated carbocycles. The zero-order valence-corrected chi connectivity index (χ0v) is 15.9. The second-order valence-corrected chi connectivity index (χ2v) is 7.06. The number of aliphatic hydroxyl groups is 3. The number of benzene rings is 1. The van der Waals surface area contributed by atoms with Gasteiger partial charge in [0.15, 0.2) is 23.2 Å². The Morgan fingerprint density at radius 2 is 1.97 bits per heavy atom. The number of anilines is 3. The summed E-state index contributed by atoms with van der Waals surface area (Å²) in [6.07, 6.45) is -1.57. The monoisotopic (exact) mass is 421 g/mol. The molecule has 1 aromatic carbocycles. The minimum atomic E-state index is -1.25. The van der Waals surface area contributed by atoms with Crippen LogP contribution in [-0.2, 0) is 11.3 Å². The zero-order chi connectivity index (χ0) is 20.7. The van der Waals surface area contributed by atoms with Crippen LogP contribution in [0.5, 0.6) is 0 Å². The van der Waals surface area contributed by atoms with Gasteiger partial charge in [-0.1, -0.05) is 11.6 Å². The normalized spacial score (nSPS) is 24.3. The lowest BCUT2D eigenvalue weighted by Gasteiger charge is -2.16. The van der Waals surface area contributed by atoms with Gasteiger partial charge in [0, 0.05) is 17.8 Å². The molecule has 1 saturated heterocycles. The van der Waals surface area contributed by atoms with Gasteiger partial charge in [-0.2, -0.15) is 0 Å². The number of fused-ring (bicyclic) bond motifs is 1. The summed E-state index contributed by atoms with van der Waals surface area (Å²) in [5.74, 6) is 0.416. The lowest BCUT2D eigenvalue weighted by Crippen LogP contribution is -2.33. The van der Waals surface area contributed by atoms with Crippen LogP contribution in [0.1, 0.15) is 11.8 Å². The summed E-state index contributed by atoms with van der Waals surface area (Å²) in [6, 6.07) is 3.29.